The quantitative estimate of drug-likeness (QED) is 0.362. The summed E-state index contributed by atoms with van der Waals surface area (Å²) in [5.41, 5.74) is 3.23. The summed E-state index contributed by atoms with van der Waals surface area (Å²) in [4.78, 5) is 15.3. The van der Waals surface area contributed by atoms with Crippen molar-refractivity contribution < 1.29 is 28.1 Å². The van der Waals surface area contributed by atoms with Crippen molar-refractivity contribution >= 4 is 38.9 Å². The summed E-state index contributed by atoms with van der Waals surface area (Å²) in [5.74, 6) is 0.385. The number of anilines is 1. The van der Waals surface area contributed by atoms with Crippen LogP contribution in [0.15, 0.2) is 59.2 Å². The minimum atomic E-state index is -2.34. The Hall–Kier alpha value is -2.95. The number of ether oxygens (including phenoxy) is 2. The third kappa shape index (κ3) is 5.40. The van der Waals surface area contributed by atoms with Gasteiger partial charge in [0.1, 0.15) is 11.5 Å². The van der Waals surface area contributed by atoms with E-state index in [-0.39, 0.29) is 0 Å². The monoisotopic (exact) mass is 546 g/mol. The molecule has 0 aliphatic heterocycles. The van der Waals surface area contributed by atoms with E-state index in [0.717, 1.165) is 23.1 Å². The fraction of sp³-hybridized carbons (Fsp3) is 0.250. The highest BCUT2D eigenvalue weighted by Crippen LogP contribution is 2.42. The van der Waals surface area contributed by atoms with Gasteiger partial charge in [-0.1, -0.05) is 29.8 Å². The Kier molecular flexibility index (Phi) is 7.50. The van der Waals surface area contributed by atoms with Crippen molar-refractivity contribution in [2.24, 2.45) is 0 Å². The first-order chi connectivity index (χ1) is 16.3. The number of carbonyl (C=O) groups is 1. The normalized spacial score (nSPS) is 15.8. The summed E-state index contributed by atoms with van der Waals surface area (Å²) in [6.07, 6.45) is 3.59. The number of nitrogens with zero attached hydrogens (tertiary/aromatic N) is 2. The van der Waals surface area contributed by atoms with Crippen LogP contribution in [0.2, 0.25) is 0 Å². The maximum atomic E-state index is 12.5. The molecule has 1 aliphatic carbocycles. The predicted molar refractivity (Wildman–Crippen MR) is 132 cm³/mol. The van der Waals surface area contributed by atoms with Crippen LogP contribution in [0.1, 0.15) is 35.6 Å². The van der Waals surface area contributed by atoms with Gasteiger partial charge in [0, 0.05) is 0 Å². The number of halogens is 1. The van der Waals surface area contributed by atoms with Crippen molar-refractivity contribution in [2.75, 3.05) is 10.9 Å². The molecule has 0 amide bonds. The third-order valence-corrected chi connectivity index (χ3v) is 6.89. The number of pyridine rings is 1. The molecule has 0 bridgehead atoms. The van der Waals surface area contributed by atoms with E-state index in [4.69, 9.17) is 14.6 Å². The van der Waals surface area contributed by atoms with Crippen molar-refractivity contribution in [2.45, 2.75) is 32.2 Å². The molecule has 2 aromatic carbocycles. The third-order valence-electron chi connectivity index (χ3n) is 5.52. The van der Waals surface area contributed by atoms with Crippen LogP contribution in [0.3, 0.4) is 0 Å². The molecule has 0 spiro atoms. The summed E-state index contributed by atoms with van der Waals surface area (Å²) < 4.78 is 35.9. The average molecular weight is 547 g/mol. The van der Waals surface area contributed by atoms with Gasteiger partial charge < -0.3 is 14.6 Å². The maximum absolute atomic E-state index is 12.5. The van der Waals surface area contributed by atoms with Crippen LogP contribution in [-0.2, 0) is 22.5 Å². The number of benzene rings is 2. The molecule has 0 fully saturated rings. The molecule has 4 rings (SSSR count). The van der Waals surface area contributed by atoms with Crippen molar-refractivity contribution in [3.8, 4) is 17.4 Å². The van der Waals surface area contributed by atoms with Gasteiger partial charge in [-0.2, -0.15) is 0 Å². The molecule has 0 saturated heterocycles. The lowest BCUT2D eigenvalue weighted by atomic mass is 9.87. The Morgan fingerprint density at radius 3 is 2.71 bits per heavy atom. The molecule has 8 nitrogen and oxygen atoms in total. The smallest absolute Gasteiger partial charge is 0.341 e. The predicted octanol–water partition coefficient (Wildman–Crippen LogP) is 5.43. The van der Waals surface area contributed by atoms with Crippen molar-refractivity contribution in [1.82, 2.24) is 4.98 Å². The number of fused-ring (bicyclic) bond motifs is 1. The number of hydrogen-bond acceptors (Lipinski definition) is 5. The zero-order chi connectivity index (χ0) is 24.2. The summed E-state index contributed by atoms with van der Waals surface area (Å²) in [6.45, 7) is 1.54. The lowest BCUT2D eigenvalue weighted by molar-refractivity contribution is -0.139. The molecule has 1 aromatic heterocycles. The Balaban J connectivity index is 1.64. The minimum absolute atomic E-state index is 0.338. The van der Waals surface area contributed by atoms with Gasteiger partial charge in [-0.3, -0.25) is 8.86 Å². The summed E-state index contributed by atoms with van der Waals surface area (Å²) in [5, 5.41) is 8.97. The van der Waals surface area contributed by atoms with Gasteiger partial charge >= 0.3 is 5.97 Å². The van der Waals surface area contributed by atoms with Gasteiger partial charge in [-0.05, 0) is 77.5 Å². The van der Waals surface area contributed by atoms with E-state index in [1.54, 1.807) is 18.2 Å². The van der Waals surface area contributed by atoms with Gasteiger partial charge in [-0.15, -0.1) is 0 Å². The Morgan fingerprint density at radius 1 is 1.26 bits per heavy atom. The topological polar surface area (TPSA) is 109 Å². The van der Waals surface area contributed by atoms with Crippen LogP contribution in [0.4, 0.5) is 5.69 Å². The zero-order valence-corrected chi connectivity index (χ0v) is 20.7. The van der Waals surface area contributed by atoms with E-state index in [2.05, 4.69) is 20.9 Å². The zero-order valence-electron chi connectivity index (χ0n) is 18.3. The molecule has 34 heavy (non-hydrogen) atoms. The van der Waals surface area contributed by atoms with E-state index in [0.29, 0.717) is 40.4 Å². The van der Waals surface area contributed by atoms with E-state index in [1.807, 2.05) is 37.3 Å². The average Bonchev–Trinajstić information content (AvgIpc) is 2.81. The molecular formula is C24H23BrN2O6S. The number of rotatable bonds is 8. The minimum Gasteiger partial charge on any atom is -0.482 e. The van der Waals surface area contributed by atoms with Gasteiger partial charge in [-0.25, -0.2) is 14.0 Å². The number of aliphatic carboxylic acids is 1. The Labute approximate surface area is 208 Å². The largest absolute Gasteiger partial charge is 0.482 e. The maximum Gasteiger partial charge on any atom is 0.341 e. The standard InChI is InChI=1S/C24H23BrN2O6S/c1-15-8-10-17(11-9-15)33-24-20(25)12-16(13-26-24)27(34(30)31)21-6-2-5-19-18(21)4-3-7-22(19)32-14-23(28)29/h3-4,7-13,21H,2,5-6,14H2,1H3,(H,28,29)(H,30,31). The van der Waals surface area contributed by atoms with Crippen LogP contribution in [0.5, 0.6) is 17.4 Å². The van der Waals surface area contributed by atoms with Crippen LogP contribution >= 0.6 is 15.9 Å². The first kappa shape index (κ1) is 24.2. The van der Waals surface area contributed by atoms with Crippen molar-refractivity contribution in [1.29, 1.82) is 0 Å². The van der Waals surface area contributed by atoms with Crippen LogP contribution in [-0.4, -0.2) is 31.4 Å². The van der Waals surface area contributed by atoms with E-state index >= 15 is 0 Å². The summed E-state index contributed by atoms with van der Waals surface area (Å²) >= 11 is 1.13. The van der Waals surface area contributed by atoms with Crippen LogP contribution in [0.25, 0.3) is 0 Å². The Morgan fingerprint density at radius 2 is 2.03 bits per heavy atom. The highest BCUT2D eigenvalue weighted by Gasteiger charge is 2.32. The molecule has 178 valence electrons. The molecule has 2 unspecified atom stereocenters. The van der Waals surface area contributed by atoms with Gasteiger partial charge in [0.2, 0.25) is 5.88 Å². The van der Waals surface area contributed by atoms with E-state index < -0.39 is 29.9 Å². The van der Waals surface area contributed by atoms with Gasteiger partial charge in [0.15, 0.2) is 6.61 Å². The summed E-state index contributed by atoms with van der Waals surface area (Å²) in [7, 11) is 0. The molecule has 3 aromatic rings. The fourth-order valence-electron chi connectivity index (χ4n) is 4.02. The van der Waals surface area contributed by atoms with Crippen molar-refractivity contribution in [3.63, 3.8) is 0 Å². The Bertz CT molecular complexity index is 1220. The highest BCUT2D eigenvalue weighted by atomic mass is 79.9. The van der Waals surface area contributed by atoms with E-state index in [1.165, 1.54) is 10.5 Å². The lowest BCUT2D eigenvalue weighted by Gasteiger charge is -2.35. The fourth-order valence-corrected chi connectivity index (χ4v) is 5.15. The SMILES string of the molecule is Cc1ccc(Oc2ncc(N(C3CCCc4c(OCC(=O)O)cccc43)S(=O)O)cc2Br)cc1. The number of carboxylic acids is 1. The molecule has 2 atom stereocenters. The van der Waals surface area contributed by atoms with Crippen LogP contribution in [0, 0.1) is 6.92 Å². The molecule has 0 saturated carbocycles. The van der Waals surface area contributed by atoms with Crippen LogP contribution < -0.4 is 13.8 Å². The van der Waals surface area contributed by atoms with Crippen molar-refractivity contribution in [3.05, 3.63) is 75.9 Å². The first-order valence-electron chi connectivity index (χ1n) is 10.6. The molecule has 10 heteroatoms. The first-order valence-corrected chi connectivity index (χ1v) is 12.5. The lowest BCUT2D eigenvalue weighted by Crippen LogP contribution is -2.33. The second-order valence-electron chi connectivity index (χ2n) is 7.87. The number of hydrogen-bond donors (Lipinski definition) is 2. The molecule has 1 aliphatic rings. The van der Waals surface area contributed by atoms with Gasteiger partial charge in [0.25, 0.3) is 11.3 Å². The molecule has 1 heterocycles. The second kappa shape index (κ2) is 10.5. The number of aromatic nitrogens is 1. The molecule has 2 N–H and O–H groups in total. The van der Waals surface area contributed by atoms with E-state index in [9.17, 15) is 13.6 Å². The number of aryl methyl sites for hydroxylation is 1. The highest BCUT2D eigenvalue weighted by molar-refractivity contribution is 9.10. The van der Waals surface area contributed by atoms with Gasteiger partial charge in [0.05, 0.1) is 22.4 Å². The molecular weight excluding hydrogens is 524 g/mol. The molecule has 0 radical (unpaired) electrons. The second-order valence-corrected chi connectivity index (χ2v) is 9.58. The number of carboxylic acid groups (broad SMARTS) is 1. The summed E-state index contributed by atoms with van der Waals surface area (Å²) in [6, 6.07) is 14.2.